The molecule has 3 aromatic rings. The zero-order valence-electron chi connectivity index (χ0n) is 25.5. The number of carbonyl (C=O) groups excluding carboxylic acids is 2. The first-order valence-corrected chi connectivity index (χ1v) is 14.8. The number of rotatable bonds is 10. The Morgan fingerprint density at radius 2 is 1.71 bits per heavy atom. The molecule has 0 unspecified atom stereocenters. The molecule has 224 valence electrons. The smallest absolute Gasteiger partial charge is 0.408 e. The average Bonchev–Trinajstić information content (AvgIpc) is 3.25. The van der Waals surface area contributed by atoms with Gasteiger partial charge in [0, 0.05) is 22.6 Å². The number of ether oxygens (including phenoxy) is 2. The first kappa shape index (κ1) is 31.0. The number of hydrazone groups is 1. The molecule has 8 heteroatoms. The number of alkyl carbamates (subject to hydrolysis) is 1. The standard InChI is InChI=1S/C34H44N4O4/c1-24-20-29(25(2)38(24)30-18-16-28(17-19-30)27-14-10-7-11-15-27)21-35-37-32(39)31(36-33(40)42-34(3,4)5)23-41-22-26-12-8-6-9-13-26/h6,8-9,12-13,16-21,27,31H,7,10-11,14-15,22-23H2,1-5H3,(H,36,40)(H,37,39)/b35-21-/t31-/m0/s1. The maximum atomic E-state index is 13.0. The Hall–Kier alpha value is -3.91. The van der Waals surface area contributed by atoms with Crippen molar-refractivity contribution in [3.63, 3.8) is 0 Å². The minimum absolute atomic E-state index is 0.0408. The van der Waals surface area contributed by atoms with Gasteiger partial charge in [0.25, 0.3) is 5.91 Å². The molecular weight excluding hydrogens is 528 g/mol. The molecule has 1 aromatic heterocycles. The predicted octanol–water partition coefficient (Wildman–Crippen LogP) is 6.70. The molecule has 4 rings (SSSR count). The van der Waals surface area contributed by atoms with E-state index in [1.54, 1.807) is 27.0 Å². The van der Waals surface area contributed by atoms with Crippen LogP contribution in [0.3, 0.4) is 0 Å². The lowest BCUT2D eigenvalue weighted by Gasteiger charge is -2.22. The molecular formula is C34H44N4O4. The Kier molecular flexibility index (Phi) is 10.6. The van der Waals surface area contributed by atoms with Gasteiger partial charge in [-0.1, -0.05) is 61.7 Å². The third kappa shape index (κ3) is 8.79. The molecule has 1 atom stereocenters. The molecule has 2 amide bonds. The van der Waals surface area contributed by atoms with E-state index in [-0.39, 0.29) is 6.61 Å². The molecule has 1 aliphatic carbocycles. The summed E-state index contributed by atoms with van der Waals surface area (Å²) in [5.74, 6) is 0.167. The van der Waals surface area contributed by atoms with E-state index in [1.807, 2.05) is 43.3 Å². The Morgan fingerprint density at radius 3 is 2.38 bits per heavy atom. The van der Waals surface area contributed by atoms with Crippen LogP contribution >= 0.6 is 0 Å². The summed E-state index contributed by atoms with van der Waals surface area (Å²) in [6.07, 6.45) is 7.47. The van der Waals surface area contributed by atoms with Crippen molar-refractivity contribution in [2.45, 2.75) is 90.9 Å². The van der Waals surface area contributed by atoms with Crippen LogP contribution in [0.25, 0.3) is 5.69 Å². The lowest BCUT2D eigenvalue weighted by Crippen LogP contribution is -2.49. The summed E-state index contributed by atoms with van der Waals surface area (Å²) in [6.45, 7) is 9.65. The van der Waals surface area contributed by atoms with Gasteiger partial charge in [-0.25, -0.2) is 10.2 Å². The molecule has 8 nitrogen and oxygen atoms in total. The van der Waals surface area contributed by atoms with Gasteiger partial charge in [0.05, 0.1) is 19.4 Å². The minimum atomic E-state index is -0.990. The molecule has 2 N–H and O–H groups in total. The fourth-order valence-electron chi connectivity index (χ4n) is 5.39. The summed E-state index contributed by atoms with van der Waals surface area (Å²) in [6, 6.07) is 19.6. The number of nitrogens with zero attached hydrogens (tertiary/aromatic N) is 2. The Balaban J connectivity index is 1.40. The summed E-state index contributed by atoms with van der Waals surface area (Å²) < 4.78 is 13.3. The van der Waals surface area contributed by atoms with Crippen molar-refractivity contribution >= 4 is 18.2 Å². The molecule has 2 aromatic carbocycles. The maximum absolute atomic E-state index is 13.0. The molecule has 1 heterocycles. The maximum Gasteiger partial charge on any atom is 0.408 e. The topological polar surface area (TPSA) is 93.9 Å². The van der Waals surface area contributed by atoms with Crippen molar-refractivity contribution in [3.8, 4) is 5.69 Å². The van der Waals surface area contributed by atoms with Gasteiger partial charge in [0.2, 0.25) is 0 Å². The molecule has 0 saturated heterocycles. The van der Waals surface area contributed by atoms with Crippen LogP contribution in [0.5, 0.6) is 0 Å². The Morgan fingerprint density at radius 1 is 1.02 bits per heavy atom. The summed E-state index contributed by atoms with van der Waals surface area (Å²) in [5, 5.41) is 6.82. The van der Waals surface area contributed by atoms with Crippen molar-refractivity contribution in [1.82, 2.24) is 15.3 Å². The first-order chi connectivity index (χ1) is 20.1. The Bertz CT molecular complexity index is 1350. The third-order valence-electron chi connectivity index (χ3n) is 7.48. The van der Waals surface area contributed by atoms with Crippen LogP contribution in [0.2, 0.25) is 0 Å². The van der Waals surface area contributed by atoms with E-state index in [9.17, 15) is 9.59 Å². The van der Waals surface area contributed by atoms with Crippen LogP contribution in [-0.4, -0.2) is 41.0 Å². The largest absolute Gasteiger partial charge is 0.444 e. The number of aromatic nitrogens is 1. The normalized spacial score (nSPS) is 15.0. The quantitative estimate of drug-likeness (QED) is 0.209. The van der Waals surface area contributed by atoms with Crippen LogP contribution in [0.4, 0.5) is 4.79 Å². The zero-order chi connectivity index (χ0) is 30.1. The number of hydrogen-bond donors (Lipinski definition) is 2. The van der Waals surface area contributed by atoms with E-state index in [0.717, 1.165) is 28.2 Å². The highest BCUT2D eigenvalue weighted by Gasteiger charge is 2.25. The summed E-state index contributed by atoms with van der Waals surface area (Å²) in [5.41, 5.74) is 8.33. The van der Waals surface area contributed by atoms with Gasteiger partial charge in [0.1, 0.15) is 11.6 Å². The monoisotopic (exact) mass is 572 g/mol. The van der Waals surface area contributed by atoms with Crippen molar-refractivity contribution in [2.75, 3.05) is 6.61 Å². The first-order valence-electron chi connectivity index (χ1n) is 14.8. The van der Waals surface area contributed by atoms with Crippen LogP contribution in [-0.2, 0) is 20.9 Å². The molecule has 1 aliphatic rings. The highest BCUT2D eigenvalue weighted by Crippen LogP contribution is 2.33. The summed E-state index contributed by atoms with van der Waals surface area (Å²) in [7, 11) is 0. The van der Waals surface area contributed by atoms with E-state index in [0.29, 0.717) is 12.5 Å². The van der Waals surface area contributed by atoms with Gasteiger partial charge < -0.3 is 19.4 Å². The molecule has 0 aliphatic heterocycles. The van der Waals surface area contributed by atoms with Crippen molar-refractivity contribution in [2.24, 2.45) is 5.10 Å². The summed E-state index contributed by atoms with van der Waals surface area (Å²) >= 11 is 0. The van der Waals surface area contributed by atoms with Gasteiger partial charge in [0.15, 0.2) is 0 Å². The average molecular weight is 573 g/mol. The van der Waals surface area contributed by atoms with E-state index in [1.165, 1.54) is 37.7 Å². The SMILES string of the molecule is Cc1cc(/C=N\NC(=O)[C@H](COCc2ccccc2)NC(=O)OC(C)(C)C)c(C)n1-c1ccc(C2CCCCC2)cc1. The molecule has 0 spiro atoms. The van der Waals surface area contributed by atoms with Crippen LogP contribution < -0.4 is 10.7 Å². The molecule has 1 saturated carbocycles. The highest BCUT2D eigenvalue weighted by molar-refractivity contribution is 5.88. The second kappa shape index (κ2) is 14.3. The number of hydrogen-bond acceptors (Lipinski definition) is 5. The van der Waals surface area contributed by atoms with Gasteiger partial charge in [-0.3, -0.25) is 4.79 Å². The van der Waals surface area contributed by atoms with Crippen molar-refractivity contribution < 1.29 is 19.1 Å². The number of benzene rings is 2. The highest BCUT2D eigenvalue weighted by atomic mass is 16.6. The molecule has 42 heavy (non-hydrogen) atoms. The molecule has 0 bridgehead atoms. The van der Waals surface area contributed by atoms with E-state index >= 15 is 0 Å². The van der Waals surface area contributed by atoms with Crippen molar-refractivity contribution in [3.05, 3.63) is 88.7 Å². The number of amides is 2. The second-order valence-corrected chi connectivity index (χ2v) is 12.0. The molecule has 0 radical (unpaired) electrons. The number of aryl methyl sites for hydroxylation is 1. The van der Waals surface area contributed by atoms with Crippen LogP contribution in [0.15, 0.2) is 65.8 Å². The van der Waals surface area contributed by atoms with Gasteiger partial charge in [-0.15, -0.1) is 0 Å². The lowest BCUT2D eigenvalue weighted by atomic mass is 9.84. The third-order valence-corrected chi connectivity index (χ3v) is 7.48. The van der Waals surface area contributed by atoms with E-state index in [4.69, 9.17) is 9.47 Å². The fourth-order valence-corrected chi connectivity index (χ4v) is 5.39. The van der Waals surface area contributed by atoms with Gasteiger partial charge >= 0.3 is 6.09 Å². The fraction of sp³-hybridized carbons (Fsp3) is 0.441. The lowest BCUT2D eigenvalue weighted by molar-refractivity contribution is -0.124. The van der Waals surface area contributed by atoms with Crippen molar-refractivity contribution in [1.29, 1.82) is 0 Å². The van der Waals surface area contributed by atoms with E-state index < -0.39 is 23.6 Å². The number of carbonyl (C=O) groups is 2. The van der Waals surface area contributed by atoms with Crippen LogP contribution in [0, 0.1) is 13.8 Å². The van der Waals surface area contributed by atoms with E-state index in [2.05, 4.69) is 51.6 Å². The Labute approximate surface area is 249 Å². The second-order valence-electron chi connectivity index (χ2n) is 12.0. The molecule has 1 fully saturated rings. The summed E-state index contributed by atoms with van der Waals surface area (Å²) in [4.78, 5) is 25.5. The zero-order valence-corrected chi connectivity index (χ0v) is 25.5. The van der Waals surface area contributed by atoms with Gasteiger partial charge in [-0.05, 0) is 82.7 Å². The number of nitrogens with one attached hydrogen (secondary N) is 2. The van der Waals surface area contributed by atoms with Crippen LogP contribution in [0.1, 0.15) is 86.9 Å². The minimum Gasteiger partial charge on any atom is -0.444 e. The predicted molar refractivity (Wildman–Crippen MR) is 166 cm³/mol. The van der Waals surface area contributed by atoms with Gasteiger partial charge in [-0.2, -0.15) is 5.10 Å².